The van der Waals surface area contributed by atoms with E-state index in [1.165, 1.54) is 23.5 Å². The van der Waals surface area contributed by atoms with Crippen molar-refractivity contribution in [2.24, 2.45) is 0 Å². The van der Waals surface area contributed by atoms with Crippen LogP contribution in [0, 0.1) is 5.82 Å². The van der Waals surface area contributed by atoms with Crippen LogP contribution in [0.15, 0.2) is 18.2 Å². The van der Waals surface area contributed by atoms with Crippen LogP contribution in [-0.2, 0) is 0 Å². The van der Waals surface area contributed by atoms with Gasteiger partial charge in [-0.2, -0.15) is 0 Å². The Hall–Kier alpha value is -1.62. The van der Waals surface area contributed by atoms with Crippen molar-refractivity contribution >= 4 is 33.0 Å². The lowest BCUT2D eigenvalue weighted by atomic mass is 10.2. The normalized spacial score (nSPS) is 12.6. The predicted molar refractivity (Wildman–Crippen MR) is 78.0 cm³/mol. The van der Waals surface area contributed by atoms with Crippen molar-refractivity contribution in [3.63, 3.8) is 0 Å². The molecule has 5 heteroatoms. The van der Waals surface area contributed by atoms with Crippen LogP contribution in [-0.4, -0.2) is 23.9 Å². The number of rotatable bonds is 3. The molecule has 1 aromatic carbocycles. The summed E-state index contributed by atoms with van der Waals surface area (Å²) in [5.41, 5.74) is 6.36. The molecule has 0 saturated carbocycles. The van der Waals surface area contributed by atoms with E-state index in [-0.39, 0.29) is 17.8 Å². The van der Waals surface area contributed by atoms with Gasteiger partial charge >= 0.3 is 0 Å². The zero-order valence-corrected chi connectivity index (χ0v) is 12.1. The molecule has 2 N–H and O–H groups in total. The molecule has 0 aliphatic carbocycles. The van der Waals surface area contributed by atoms with Crippen LogP contribution < -0.4 is 5.73 Å². The Morgan fingerprint density at radius 3 is 2.84 bits per heavy atom. The monoisotopic (exact) mass is 280 g/mol. The van der Waals surface area contributed by atoms with Crippen LogP contribution in [0.25, 0.3) is 10.1 Å². The van der Waals surface area contributed by atoms with E-state index in [2.05, 4.69) is 0 Å². The number of nitrogens with two attached hydrogens (primary N) is 1. The standard InChI is InChI=1S/C14H17FN2OS/c1-4-8(2)17(3)14(18)13-12(16)10-7-9(15)5-6-11(10)19-13/h5-8H,4,16H2,1-3H3. The molecule has 0 bridgehead atoms. The summed E-state index contributed by atoms with van der Waals surface area (Å²) in [7, 11) is 1.76. The quantitative estimate of drug-likeness (QED) is 0.935. The maximum atomic E-state index is 13.2. The van der Waals surface area contributed by atoms with Crippen molar-refractivity contribution in [1.82, 2.24) is 4.90 Å². The fraction of sp³-hybridized carbons (Fsp3) is 0.357. The largest absolute Gasteiger partial charge is 0.397 e. The van der Waals surface area contributed by atoms with Crippen molar-refractivity contribution in [1.29, 1.82) is 0 Å². The van der Waals surface area contributed by atoms with E-state index in [4.69, 9.17) is 5.73 Å². The first kappa shape index (κ1) is 13.8. The second-order valence-electron chi connectivity index (χ2n) is 4.66. The van der Waals surface area contributed by atoms with E-state index < -0.39 is 0 Å². The van der Waals surface area contributed by atoms with E-state index >= 15 is 0 Å². The molecule has 0 spiro atoms. The Labute approximate surface area is 115 Å². The third-order valence-corrected chi connectivity index (χ3v) is 4.63. The fourth-order valence-electron chi connectivity index (χ4n) is 1.88. The van der Waals surface area contributed by atoms with E-state index in [9.17, 15) is 9.18 Å². The average Bonchev–Trinajstić information content (AvgIpc) is 2.73. The molecule has 0 aliphatic rings. The van der Waals surface area contributed by atoms with E-state index in [0.717, 1.165) is 11.1 Å². The van der Waals surface area contributed by atoms with Gasteiger partial charge in [-0.15, -0.1) is 11.3 Å². The van der Waals surface area contributed by atoms with E-state index in [1.54, 1.807) is 18.0 Å². The smallest absolute Gasteiger partial charge is 0.266 e. The molecule has 102 valence electrons. The lowest BCUT2D eigenvalue weighted by Gasteiger charge is -2.23. The molecule has 1 heterocycles. The number of anilines is 1. The highest BCUT2D eigenvalue weighted by molar-refractivity contribution is 7.21. The third kappa shape index (κ3) is 2.42. The number of hydrogen-bond acceptors (Lipinski definition) is 3. The lowest BCUT2D eigenvalue weighted by molar-refractivity contribution is 0.0746. The molecule has 3 nitrogen and oxygen atoms in total. The third-order valence-electron chi connectivity index (χ3n) is 3.45. The molecule has 1 atom stereocenters. The van der Waals surface area contributed by atoms with Crippen LogP contribution in [0.2, 0.25) is 0 Å². The van der Waals surface area contributed by atoms with Gasteiger partial charge < -0.3 is 10.6 Å². The maximum absolute atomic E-state index is 13.2. The molecule has 0 aliphatic heterocycles. The molecule has 2 rings (SSSR count). The summed E-state index contributed by atoms with van der Waals surface area (Å²) in [6.45, 7) is 4.01. The second kappa shape index (κ2) is 5.17. The van der Waals surface area contributed by atoms with Crippen LogP contribution in [0.4, 0.5) is 10.1 Å². The molecule has 2 aromatic rings. The van der Waals surface area contributed by atoms with E-state index in [1.807, 2.05) is 13.8 Å². The van der Waals surface area contributed by atoms with Crippen molar-refractivity contribution in [3.05, 3.63) is 28.9 Å². The van der Waals surface area contributed by atoms with Crippen molar-refractivity contribution in [3.8, 4) is 0 Å². The number of carbonyl (C=O) groups excluding carboxylic acids is 1. The first-order valence-corrected chi connectivity index (χ1v) is 7.02. The molecule has 1 unspecified atom stereocenters. The fourth-order valence-corrected chi connectivity index (χ4v) is 2.97. The van der Waals surface area contributed by atoms with Gasteiger partial charge in [0.05, 0.1) is 5.69 Å². The number of fused-ring (bicyclic) bond motifs is 1. The number of hydrogen-bond donors (Lipinski definition) is 1. The van der Waals surface area contributed by atoms with Crippen molar-refractivity contribution < 1.29 is 9.18 Å². The number of halogens is 1. The topological polar surface area (TPSA) is 46.3 Å². The highest BCUT2D eigenvalue weighted by Gasteiger charge is 2.22. The predicted octanol–water partition coefficient (Wildman–Crippen LogP) is 3.49. The summed E-state index contributed by atoms with van der Waals surface area (Å²) < 4.78 is 14.1. The number of carbonyl (C=O) groups is 1. The molecular weight excluding hydrogens is 263 g/mol. The first-order valence-electron chi connectivity index (χ1n) is 6.20. The van der Waals surface area contributed by atoms with E-state index in [0.29, 0.717) is 16.0 Å². The minimum absolute atomic E-state index is 0.103. The summed E-state index contributed by atoms with van der Waals surface area (Å²) in [6.07, 6.45) is 0.877. The number of nitrogen functional groups attached to an aromatic ring is 1. The Kier molecular flexibility index (Phi) is 3.75. The zero-order valence-electron chi connectivity index (χ0n) is 11.2. The number of nitrogens with zero attached hydrogens (tertiary/aromatic N) is 1. The highest BCUT2D eigenvalue weighted by Crippen LogP contribution is 2.35. The summed E-state index contributed by atoms with van der Waals surface area (Å²) in [6, 6.07) is 4.56. The zero-order chi connectivity index (χ0) is 14.2. The molecule has 0 fully saturated rings. The Balaban J connectivity index is 2.46. The minimum Gasteiger partial charge on any atom is -0.397 e. The van der Waals surface area contributed by atoms with Gasteiger partial charge in [-0.05, 0) is 31.5 Å². The first-order chi connectivity index (χ1) is 8.95. The Morgan fingerprint density at radius 2 is 2.21 bits per heavy atom. The van der Waals surface area contributed by atoms with Gasteiger partial charge in [0.1, 0.15) is 10.7 Å². The van der Waals surface area contributed by atoms with Crippen LogP contribution in [0.3, 0.4) is 0 Å². The molecule has 19 heavy (non-hydrogen) atoms. The lowest BCUT2D eigenvalue weighted by Crippen LogP contribution is -2.34. The van der Waals surface area contributed by atoms with Crippen LogP contribution in [0.1, 0.15) is 29.9 Å². The van der Waals surface area contributed by atoms with Gasteiger partial charge in [-0.3, -0.25) is 4.79 Å². The van der Waals surface area contributed by atoms with Gasteiger partial charge in [-0.1, -0.05) is 6.92 Å². The van der Waals surface area contributed by atoms with Gasteiger partial charge in [0.2, 0.25) is 0 Å². The average molecular weight is 280 g/mol. The van der Waals surface area contributed by atoms with Gasteiger partial charge in [0.15, 0.2) is 0 Å². The summed E-state index contributed by atoms with van der Waals surface area (Å²) >= 11 is 1.31. The van der Waals surface area contributed by atoms with Crippen molar-refractivity contribution in [2.45, 2.75) is 26.3 Å². The molecule has 0 radical (unpaired) electrons. The second-order valence-corrected chi connectivity index (χ2v) is 5.71. The molecule has 1 aromatic heterocycles. The van der Waals surface area contributed by atoms with Crippen LogP contribution in [0.5, 0.6) is 0 Å². The SMILES string of the molecule is CCC(C)N(C)C(=O)c1sc2ccc(F)cc2c1N. The summed E-state index contributed by atoms with van der Waals surface area (Å²) in [5, 5.41) is 0.617. The Bertz CT molecular complexity index is 623. The van der Waals surface area contributed by atoms with Crippen molar-refractivity contribution in [2.75, 3.05) is 12.8 Å². The number of benzene rings is 1. The molecule has 1 amide bonds. The van der Waals surface area contributed by atoms with Gasteiger partial charge in [0, 0.05) is 23.2 Å². The number of amides is 1. The maximum Gasteiger partial charge on any atom is 0.266 e. The molecular formula is C14H17FN2OS. The highest BCUT2D eigenvalue weighted by atomic mass is 32.1. The minimum atomic E-state index is -0.341. The summed E-state index contributed by atoms with van der Waals surface area (Å²) in [4.78, 5) is 14.6. The molecule has 0 saturated heterocycles. The number of thiophene rings is 1. The Morgan fingerprint density at radius 1 is 1.53 bits per heavy atom. The van der Waals surface area contributed by atoms with Gasteiger partial charge in [-0.25, -0.2) is 4.39 Å². The van der Waals surface area contributed by atoms with Gasteiger partial charge in [0.25, 0.3) is 5.91 Å². The van der Waals surface area contributed by atoms with Crippen LogP contribution >= 0.6 is 11.3 Å². The summed E-state index contributed by atoms with van der Waals surface area (Å²) in [5.74, 6) is -0.445.